The number of hydrogen-bond acceptors (Lipinski definition) is 8. The number of piperidine rings is 1. The molecule has 44 heavy (non-hydrogen) atoms. The van der Waals surface area contributed by atoms with E-state index in [9.17, 15) is 18.7 Å². The Hall–Kier alpha value is -3.38. The number of nitrogens with zero attached hydrogens (tertiary/aromatic N) is 4. The summed E-state index contributed by atoms with van der Waals surface area (Å²) < 4.78 is 36.6. The Morgan fingerprint density at radius 2 is 1.98 bits per heavy atom. The van der Waals surface area contributed by atoms with Crippen LogP contribution in [0.2, 0.25) is 5.02 Å². The number of halogens is 3. The van der Waals surface area contributed by atoms with Crippen LogP contribution in [0.15, 0.2) is 41.3 Å². The highest BCUT2D eigenvalue weighted by Gasteiger charge is 2.49. The Bertz CT molecular complexity index is 1840. The number of phenols is 1. The molecule has 2 unspecified atom stereocenters. The molecule has 9 nitrogen and oxygen atoms in total. The number of piperazine rings is 1. The van der Waals surface area contributed by atoms with E-state index >= 15 is 0 Å². The monoisotopic (exact) mass is 622 g/mol. The van der Waals surface area contributed by atoms with E-state index < -0.39 is 17.5 Å². The summed E-state index contributed by atoms with van der Waals surface area (Å²) in [5, 5.41) is 23.7. The van der Waals surface area contributed by atoms with Crippen molar-refractivity contribution in [1.82, 2.24) is 30.3 Å². The molecule has 6 heterocycles. The second-order valence-corrected chi connectivity index (χ2v) is 13.2. The van der Waals surface area contributed by atoms with E-state index in [2.05, 4.69) is 20.6 Å². The van der Waals surface area contributed by atoms with Crippen molar-refractivity contribution >= 4 is 33.1 Å². The number of aromatic nitrogens is 3. The number of phenolic OH excluding ortho intramolecular Hbond substituents is 1. The summed E-state index contributed by atoms with van der Waals surface area (Å²) in [4.78, 5) is 21.4. The van der Waals surface area contributed by atoms with Gasteiger partial charge in [0.05, 0.1) is 33.5 Å². The molecule has 0 spiro atoms. The number of hydrogen-bond donors (Lipinski definition) is 3. The lowest BCUT2D eigenvalue weighted by Crippen LogP contribution is -2.58. The number of alkyl halides is 1. The van der Waals surface area contributed by atoms with Crippen LogP contribution in [0.3, 0.4) is 0 Å². The van der Waals surface area contributed by atoms with E-state index in [0.29, 0.717) is 35.0 Å². The molecule has 0 amide bonds. The van der Waals surface area contributed by atoms with Crippen LogP contribution < -0.4 is 20.9 Å². The first-order valence-electron chi connectivity index (χ1n) is 15.3. The summed E-state index contributed by atoms with van der Waals surface area (Å²) in [5.41, 5.74) is 0.0884. The molecule has 8 rings (SSSR count). The van der Waals surface area contributed by atoms with Crippen LogP contribution in [0.1, 0.15) is 43.7 Å². The Labute approximate surface area is 257 Å². The zero-order valence-electron chi connectivity index (χ0n) is 24.0. The van der Waals surface area contributed by atoms with Gasteiger partial charge in [0, 0.05) is 67.0 Å². The van der Waals surface area contributed by atoms with Crippen LogP contribution in [0.5, 0.6) is 11.6 Å². The molecule has 4 saturated heterocycles. The highest BCUT2D eigenvalue weighted by atomic mass is 35.5. The molecule has 4 aliphatic heterocycles. The minimum absolute atomic E-state index is 0.0736. The summed E-state index contributed by atoms with van der Waals surface area (Å²) >= 11 is 6.39. The number of nitrogens with one attached hydrogen (secondary N) is 2. The van der Waals surface area contributed by atoms with Crippen LogP contribution in [0.4, 0.5) is 8.78 Å². The second kappa shape index (κ2) is 10.6. The SMILES string of the molecule is O=c1c2cc(OC[C@@]34CCCN3C[C@H](F)C4)nc(C3CC4CNCC(C3)N4)c2cnn1-c1cc(O)cc2ccc(F)c(Cl)c12. The predicted molar refractivity (Wildman–Crippen MR) is 163 cm³/mol. The van der Waals surface area contributed by atoms with Gasteiger partial charge in [0.1, 0.15) is 24.3 Å². The minimum atomic E-state index is -0.881. The summed E-state index contributed by atoms with van der Waals surface area (Å²) in [5.74, 6) is -0.362. The van der Waals surface area contributed by atoms with Crippen molar-refractivity contribution in [1.29, 1.82) is 0 Å². The molecule has 0 radical (unpaired) electrons. The normalized spacial score (nSPS) is 28.5. The zero-order chi connectivity index (χ0) is 30.2. The van der Waals surface area contributed by atoms with Crippen molar-refractivity contribution in [3.63, 3.8) is 0 Å². The van der Waals surface area contributed by atoms with Crippen LogP contribution in [0.25, 0.3) is 27.2 Å². The molecule has 230 valence electrons. The average molecular weight is 623 g/mol. The van der Waals surface area contributed by atoms with Gasteiger partial charge in [-0.25, -0.2) is 13.8 Å². The van der Waals surface area contributed by atoms with Gasteiger partial charge in [-0.05, 0) is 49.7 Å². The fourth-order valence-electron chi connectivity index (χ4n) is 8.08. The molecular formula is C32H33ClF2N6O3. The van der Waals surface area contributed by atoms with E-state index in [4.69, 9.17) is 21.3 Å². The number of benzene rings is 2. The first kappa shape index (κ1) is 28.1. The smallest absolute Gasteiger partial charge is 0.279 e. The average Bonchev–Trinajstić information content (AvgIpc) is 3.53. The predicted octanol–water partition coefficient (Wildman–Crippen LogP) is 4.19. The third kappa shape index (κ3) is 4.63. The van der Waals surface area contributed by atoms with Gasteiger partial charge in [-0.1, -0.05) is 17.7 Å². The van der Waals surface area contributed by atoms with Crippen molar-refractivity contribution in [2.45, 2.75) is 61.8 Å². The third-order valence-corrected chi connectivity index (χ3v) is 10.4. The van der Waals surface area contributed by atoms with E-state index in [1.807, 2.05) is 0 Å². The summed E-state index contributed by atoms with van der Waals surface area (Å²) in [6.07, 6.45) is 4.69. The molecule has 0 aliphatic carbocycles. The standard InChI is InChI=1S/C32H33ClF2N6O3/c33-29-25(35)3-2-17-8-22(42)9-26(28(17)29)41-31(43)23-10-27(44-16-32-4-1-5-40(32)15-19(34)11-32)39-30(24(23)14-37-41)18-6-20-12-36-13-21(7-18)38-20/h2-3,8-10,14,18-21,36,38,42H,1,4-7,11-13,15-16H2/t18?,19-,20?,21?,32+/m1/s1. The molecule has 2 aromatic carbocycles. The number of rotatable bonds is 5. The van der Waals surface area contributed by atoms with Crippen LogP contribution in [0, 0.1) is 5.82 Å². The molecule has 3 N–H and O–H groups in total. The zero-order valence-corrected chi connectivity index (χ0v) is 24.8. The van der Waals surface area contributed by atoms with Gasteiger partial charge < -0.3 is 20.5 Å². The summed E-state index contributed by atoms with van der Waals surface area (Å²) in [6, 6.07) is 7.73. The third-order valence-electron chi connectivity index (χ3n) is 10.0. The Kier molecular flexibility index (Phi) is 6.78. The van der Waals surface area contributed by atoms with Crippen molar-refractivity contribution in [2.75, 3.05) is 32.8 Å². The van der Waals surface area contributed by atoms with Crippen molar-refractivity contribution < 1.29 is 18.6 Å². The first-order valence-corrected chi connectivity index (χ1v) is 15.7. The molecule has 4 aromatic rings. The van der Waals surface area contributed by atoms with Gasteiger partial charge in [-0.2, -0.15) is 9.78 Å². The number of aromatic hydroxyl groups is 1. The molecule has 0 saturated carbocycles. The highest BCUT2D eigenvalue weighted by molar-refractivity contribution is 6.36. The molecule has 12 heteroatoms. The Balaban J connectivity index is 1.27. The van der Waals surface area contributed by atoms with Gasteiger partial charge in [-0.3, -0.25) is 9.69 Å². The Morgan fingerprint density at radius 3 is 2.80 bits per heavy atom. The lowest BCUT2D eigenvalue weighted by atomic mass is 9.82. The number of pyridine rings is 1. The van der Waals surface area contributed by atoms with Gasteiger partial charge in [0.25, 0.3) is 5.56 Å². The van der Waals surface area contributed by atoms with Gasteiger partial charge in [0.2, 0.25) is 5.88 Å². The molecule has 4 aliphatic rings. The Morgan fingerprint density at radius 1 is 1.16 bits per heavy atom. The lowest BCUT2D eigenvalue weighted by molar-refractivity contribution is 0.110. The topological polar surface area (TPSA) is 105 Å². The van der Waals surface area contributed by atoms with Crippen molar-refractivity contribution in [2.24, 2.45) is 0 Å². The van der Waals surface area contributed by atoms with Gasteiger partial charge in [-0.15, -0.1) is 0 Å². The second-order valence-electron chi connectivity index (χ2n) is 12.8. The maximum atomic E-state index is 14.6. The summed E-state index contributed by atoms with van der Waals surface area (Å²) in [6.45, 7) is 3.28. The number of fused-ring (bicyclic) bond motifs is 5. The van der Waals surface area contributed by atoms with Gasteiger partial charge >= 0.3 is 0 Å². The molecular weight excluding hydrogens is 590 g/mol. The largest absolute Gasteiger partial charge is 0.508 e. The van der Waals surface area contributed by atoms with Crippen LogP contribution in [-0.2, 0) is 0 Å². The lowest BCUT2D eigenvalue weighted by Gasteiger charge is -2.40. The fraction of sp³-hybridized carbons (Fsp3) is 0.469. The van der Waals surface area contributed by atoms with E-state index in [1.165, 1.54) is 24.3 Å². The molecule has 4 fully saturated rings. The van der Waals surface area contributed by atoms with Gasteiger partial charge in [0.15, 0.2) is 0 Å². The quantitative estimate of drug-likeness (QED) is 0.304. The van der Waals surface area contributed by atoms with E-state index in [0.717, 1.165) is 55.7 Å². The molecule has 2 aromatic heterocycles. The molecule has 2 bridgehead atoms. The maximum absolute atomic E-state index is 14.6. The highest BCUT2D eigenvalue weighted by Crippen LogP contribution is 2.41. The number of ether oxygens (including phenoxy) is 1. The minimum Gasteiger partial charge on any atom is -0.508 e. The van der Waals surface area contributed by atoms with Crippen LogP contribution >= 0.6 is 11.6 Å². The first-order chi connectivity index (χ1) is 21.3. The molecule has 4 atom stereocenters. The van der Waals surface area contributed by atoms with Crippen molar-refractivity contribution in [3.05, 3.63) is 63.4 Å². The maximum Gasteiger partial charge on any atom is 0.279 e. The van der Waals surface area contributed by atoms with Crippen molar-refractivity contribution in [3.8, 4) is 17.3 Å². The fourth-order valence-corrected chi connectivity index (χ4v) is 8.35. The van der Waals surface area contributed by atoms with E-state index in [1.54, 1.807) is 12.3 Å². The van der Waals surface area contributed by atoms with E-state index in [-0.39, 0.29) is 52.0 Å². The van der Waals surface area contributed by atoms with Crippen LogP contribution in [-0.4, -0.2) is 81.4 Å². The summed E-state index contributed by atoms with van der Waals surface area (Å²) in [7, 11) is 0.